The lowest BCUT2D eigenvalue weighted by Gasteiger charge is -2.10. The number of carbonyl (C=O) groups is 1. The predicted molar refractivity (Wildman–Crippen MR) is 62.3 cm³/mol. The van der Waals surface area contributed by atoms with Crippen molar-refractivity contribution in [1.29, 1.82) is 0 Å². The van der Waals surface area contributed by atoms with Crippen molar-refractivity contribution in [2.24, 2.45) is 0 Å². The summed E-state index contributed by atoms with van der Waals surface area (Å²) in [7, 11) is 0. The highest BCUT2D eigenvalue weighted by atomic mass is 16.4. The van der Waals surface area contributed by atoms with Crippen LogP contribution in [0.5, 0.6) is 0 Å². The van der Waals surface area contributed by atoms with Crippen LogP contribution in [0, 0.1) is 0 Å². The maximum absolute atomic E-state index is 11.9. The van der Waals surface area contributed by atoms with Crippen LogP contribution in [-0.2, 0) is 11.2 Å². The lowest BCUT2D eigenvalue weighted by atomic mass is 10.1. The number of nitrogens with one attached hydrogen (secondary N) is 1. The van der Waals surface area contributed by atoms with Gasteiger partial charge in [-0.3, -0.25) is 9.59 Å². The van der Waals surface area contributed by atoms with Crippen LogP contribution in [0.25, 0.3) is 0 Å². The van der Waals surface area contributed by atoms with Crippen LogP contribution >= 0.6 is 0 Å². The molecule has 2 rings (SSSR count). The van der Waals surface area contributed by atoms with Gasteiger partial charge in [0.15, 0.2) is 0 Å². The van der Waals surface area contributed by atoms with Gasteiger partial charge in [0.05, 0.1) is 17.7 Å². The van der Waals surface area contributed by atoms with E-state index in [-0.39, 0.29) is 23.8 Å². The van der Waals surface area contributed by atoms with Gasteiger partial charge >= 0.3 is 5.97 Å². The van der Waals surface area contributed by atoms with E-state index in [2.05, 4.69) is 9.97 Å². The molecule has 0 aliphatic heterocycles. The Hall–Kier alpha value is -1.65. The van der Waals surface area contributed by atoms with Gasteiger partial charge in [-0.1, -0.05) is 13.8 Å². The fraction of sp³-hybridized carbons (Fsp3) is 0.583. The standard InChI is InChI=1S/C12H16N2O3/c1-6(2)11-13-10(7-3-4-7)8(5-9(15)16)12(17)14-11/h6-7H,3-5H2,1-2H3,(H,15,16)(H,13,14,17). The Morgan fingerprint density at radius 2 is 2.18 bits per heavy atom. The first-order valence-electron chi connectivity index (χ1n) is 5.83. The largest absolute Gasteiger partial charge is 0.481 e. The molecule has 1 fully saturated rings. The molecule has 1 aliphatic carbocycles. The molecule has 1 heterocycles. The highest BCUT2D eigenvalue weighted by molar-refractivity contribution is 5.70. The van der Waals surface area contributed by atoms with Crippen molar-refractivity contribution in [1.82, 2.24) is 9.97 Å². The van der Waals surface area contributed by atoms with Crippen molar-refractivity contribution in [2.75, 3.05) is 0 Å². The molecule has 0 unspecified atom stereocenters. The van der Waals surface area contributed by atoms with Crippen LogP contribution in [0.3, 0.4) is 0 Å². The number of aromatic amines is 1. The molecule has 0 spiro atoms. The Morgan fingerprint density at radius 1 is 1.53 bits per heavy atom. The molecule has 2 N–H and O–H groups in total. The van der Waals surface area contributed by atoms with E-state index in [4.69, 9.17) is 5.11 Å². The minimum atomic E-state index is -0.989. The van der Waals surface area contributed by atoms with E-state index in [1.54, 1.807) is 0 Å². The Bertz CT molecular complexity index is 501. The molecule has 92 valence electrons. The quantitative estimate of drug-likeness (QED) is 0.827. The normalized spacial score (nSPS) is 15.2. The molecule has 0 bridgehead atoms. The molecule has 0 aromatic carbocycles. The summed E-state index contributed by atoms with van der Waals surface area (Å²) < 4.78 is 0. The van der Waals surface area contributed by atoms with E-state index in [1.165, 1.54) is 0 Å². The number of carboxylic acids is 1. The maximum atomic E-state index is 11.9. The summed E-state index contributed by atoms with van der Waals surface area (Å²) in [5, 5.41) is 8.82. The van der Waals surface area contributed by atoms with Gasteiger partial charge in [0.1, 0.15) is 5.82 Å². The number of hydrogen-bond acceptors (Lipinski definition) is 3. The van der Waals surface area contributed by atoms with Crippen LogP contribution in [0.4, 0.5) is 0 Å². The number of aromatic nitrogens is 2. The van der Waals surface area contributed by atoms with E-state index in [0.717, 1.165) is 12.8 Å². The van der Waals surface area contributed by atoms with Crippen LogP contribution in [0.15, 0.2) is 4.79 Å². The van der Waals surface area contributed by atoms with Crippen molar-refractivity contribution in [3.8, 4) is 0 Å². The average molecular weight is 236 g/mol. The molecule has 0 amide bonds. The second-order valence-electron chi connectivity index (χ2n) is 4.81. The minimum Gasteiger partial charge on any atom is -0.481 e. The van der Waals surface area contributed by atoms with Gasteiger partial charge < -0.3 is 10.1 Å². The Kier molecular flexibility index (Phi) is 3.00. The van der Waals surface area contributed by atoms with Gasteiger partial charge in [0.25, 0.3) is 5.56 Å². The number of nitrogens with zero attached hydrogens (tertiary/aromatic N) is 1. The molecule has 17 heavy (non-hydrogen) atoms. The molecular formula is C12H16N2O3. The number of rotatable bonds is 4. The van der Waals surface area contributed by atoms with Crippen LogP contribution < -0.4 is 5.56 Å². The van der Waals surface area contributed by atoms with Crippen molar-refractivity contribution < 1.29 is 9.90 Å². The summed E-state index contributed by atoms with van der Waals surface area (Å²) in [6, 6.07) is 0. The predicted octanol–water partition coefficient (Wildman–Crippen LogP) is 1.40. The Labute approximate surface area is 98.9 Å². The maximum Gasteiger partial charge on any atom is 0.308 e. The monoisotopic (exact) mass is 236 g/mol. The zero-order valence-electron chi connectivity index (χ0n) is 9.99. The minimum absolute atomic E-state index is 0.138. The smallest absolute Gasteiger partial charge is 0.308 e. The van der Waals surface area contributed by atoms with Crippen molar-refractivity contribution >= 4 is 5.97 Å². The molecule has 5 nitrogen and oxygen atoms in total. The fourth-order valence-electron chi connectivity index (χ4n) is 1.82. The Morgan fingerprint density at radius 3 is 2.65 bits per heavy atom. The second-order valence-corrected chi connectivity index (χ2v) is 4.81. The number of hydrogen-bond donors (Lipinski definition) is 2. The first kappa shape index (κ1) is 11.8. The summed E-state index contributed by atoms with van der Waals surface area (Å²) in [4.78, 5) is 29.7. The first-order chi connectivity index (χ1) is 7.99. The molecule has 0 radical (unpaired) electrons. The molecule has 0 atom stereocenters. The van der Waals surface area contributed by atoms with Gasteiger partial charge in [-0.05, 0) is 12.8 Å². The van der Waals surface area contributed by atoms with E-state index in [0.29, 0.717) is 17.1 Å². The van der Waals surface area contributed by atoms with Crippen LogP contribution in [0.1, 0.15) is 55.6 Å². The van der Waals surface area contributed by atoms with E-state index in [1.807, 2.05) is 13.8 Å². The fourth-order valence-corrected chi connectivity index (χ4v) is 1.82. The van der Waals surface area contributed by atoms with E-state index in [9.17, 15) is 9.59 Å². The van der Waals surface area contributed by atoms with Crippen molar-refractivity contribution in [3.63, 3.8) is 0 Å². The SMILES string of the molecule is CC(C)c1nc(C2CC2)c(CC(=O)O)c(=O)[nH]1. The van der Waals surface area contributed by atoms with Crippen LogP contribution in [-0.4, -0.2) is 21.0 Å². The molecule has 1 saturated carbocycles. The van der Waals surface area contributed by atoms with Gasteiger partial charge in [0, 0.05) is 11.8 Å². The Balaban J connectivity index is 2.49. The topological polar surface area (TPSA) is 83.0 Å². The van der Waals surface area contributed by atoms with Crippen molar-refractivity contribution in [3.05, 3.63) is 27.4 Å². The molecule has 1 aromatic rings. The molecule has 5 heteroatoms. The van der Waals surface area contributed by atoms with E-state index >= 15 is 0 Å². The van der Waals surface area contributed by atoms with Gasteiger partial charge in [-0.15, -0.1) is 0 Å². The lowest BCUT2D eigenvalue weighted by molar-refractivity contribution is -0.136. The van der Waals surface area contributed by atoms with Crippen molar-refractivity contribution in [2.45, 2.75) is 44.9 Å². The number of carboxylic acid groups (broad SMARTS) is 1. The highest BCUT2D eigenvalue weighted by Gasteiger charge is 2.30. The zero-order valence-corrected chi connectivity index (χ0v) is 9.99. The summed E-state index contributed by atoms with van der Waals surface area (Å²) in [5.74, 6) is 0.0748. The summed E-state index contributed by atoms with van der Waals surface area (Å²) in [6.07, 6.45) is 1.76. The third kappa shape index (κ3) is 2.54. The number of aliphatic carboxylic acids is 1. The third-order valence-corrected chi connectivity index (χ3v) is 2.90. The summed E-state index contributed by atoms with van der Waals surface area (Å²) in [6.45, 7) is 3.90. The van der Waals surface area contributed by atoms with Gasteiger partial charge in [0.2, 0.25) is 0 Å². The number of H-pyrrole nitrogens is 1. The third-order valence-electron chi connectivity index (χ3n) is 2.90. The first-order valence-corrected chi connectivity index (χ1v) is 5.83. The summed E-state index contributed by atoms with van der Waals surface area (Å²) in [5.41, 5.74) is 0.720. The lowest BCUT2D eigenvalue weighted by Crippen LogP contribution is -2.23. The highest BCUT2D eigenvalue weighted by Crippen LogP contribution is 2.40. The molecule has 1 aliphatic rings. The molecule has 1 aromatic heterocycles. The van der Waals surface area contributed by atoms with Gasteiger partial charge in [-0.2, -0.15) is 0 Å². The molecule has 0 saturated heterocycles. The van der Waals surface area contributed by atoms with E-state index < -0.39 is 5.97 Å². The van der Waals surface area contributed by atoms with Crippen LogP contribution in [0.2, 0.25) is 0 Å². The summed E-state index contributed by atoms with van der Waals surface area (Å²) >= 11 is 0. The zero-order chi connectivity index (χ0) is 12.6. The second kappa shape index (κ2) is 4.31. The molecular weight excluding hydrogens is 220 g/mol. The van der Waals surface area contributed by atoms with Gasteiger partial charge in [-0.25, -0.2) is 4.98 Å². The average Bonchev–Trinajstić information content (AvgIpc) is 3.03.